The van der Waals surface area contributed by atoms with Gasteiger partial charge in [0.2, 0.25) is 0 Å². The fourth-order valence-electron chi connectivity index (χ4n) is 2.89. The first-order valence-corrected chi connectivity index (χ1v) is 8.53. The molecule has 3 aromatic heterocycles. The number of nitrogens with one attached hydrogen (secondary N) is 3. The van der Waals surface area contributed by atoms with Crippen LogP contribution in [-0.4, -0.2) is 43.8 Å². The first kappa shape index (κ1) is 16.8. The normalized spacial score (nSPS) is 15.2. The quantitative estimate of drug-likeness (QED) is 0.647. The van der Waals surface area contributed by atoms with E-state index in [2.05, 4.69) is 41.0 Å². The highest BCUT2D eigenvalue weighted by Crippen LogP contribution is 2.25. The van der Waals surface area contributed by atoms with Gasteiger partial charge in [0.05, 0.1) is 12.2 Å². The van der Waals surface area contributed by atoms with Gasteiger partial charge in [0.1, 0.15) is 11.9 Å². The Labute approximate surface area is 155 Å². The molecule has 1 atom stereocenters. The Morgan fingerprint density at radius 1 is 1.33 bits per heavy atom. The van der Waals surface area contributed by atoms with Gasteiger partial charge in [-0.05, 0) is 31.2 Å². The lowest BCUT2D eigenvalue weighted by Crippen LogP contribution is -2.43. The lowest BCUT2D eigenvalue weighted by Gasteiger charge is -2.18. The fraction of sp³-hybridized carbons (Fsp3) is 0.222. The minimum absolute atomic E-state index is 0.303. The van der Waals surface area contributed by atoms with Crippen LogP contribution in [-0.2, 0) is 13.0 Å². The predicted molar refractivity (Wildman–Crippen MR) is 99.0 cm³/mol. The number of rotatable bonds is 4. The van der Waals surface area contributed by atoms with Gasteiger partial charge >= 0.3 is 6.03 Å². The first-order valence-electron chi connectivity index (χ1n) is 8.53. The predicted octanol–water partition coefficient (Wildman–Crippen LogP) is 1.37. The highest BCUT2D eigenvalue weighted by atomic mass is 16.2. The molecule has 1 aliphatic heterocycles. The van der Waals surface area contributed by atoms with E-state index in [9.17, 15) is 4.79 Å². The Morgan fingerprint density at radius 3 is 3.07 bits per heavy atom. The molecule has 0 saturated heterocycles. The Bertz CT molecular complexity index is 982. The van der Waals surface area contributed by atoms with E-state index in [0.29, 0.717) is 18.7 Å². The maximum atomic E-state index is 12.1. The van der Waals surface area contributed by atoms with Gasteiger partial charge in [-0.1, -0.05) is 0 Å². The van der Waals surface area contributed by atoms with Crippen molar-refractivity contribution < 1.29 is 4.79 Å². The van der Waals surface area contributed by atoms with Crippen LogP contribution in [0.15, 0.2) is 41.7 Å². The zero-order chi connectivity index (χ0) is 18.6. The van der Waals surface area contributed by atoms with Crippen LogP contribution in [0.1, 0.15) is 22.6 Å². The van der Waals surface area contributed by atoms with Crippen LogP contribution >= 0.6 is 0 Å². The van der Waals surface area contributed by atoms with Crippen LogP contribution in [0.5, 0.6) is 0 Å². The molecule has 9 heteroatoms. The summed E-state index contributed by atoms with van der Waals surface area (Å²) in [4.78, 5) is 20.7. The lowest BCUT2D eigenvalue weighted by molar-refractivity contribution is 0.236. The van der Waals surface area contributed by atoms with Gasteiger partial charge in [-0.3, -0.25) is 15.1 Å². The van der Waals surface area contributed by atoms with Crippen molar-refractivity contribution >= 4 is 12.2 Å². The van der Waals surface area contributed by atoms with Gasteiger partial charge in [0.25, 0.3) is 0 Å². The Hall–Kier alpha value is -3.62. The molecular formula is C18H18N8O. The molecule has 27 heavy (non-hydrogen) atoms. The molecular weight excluding hydrogens is 344 g/mol. The number of carbonyl (C=O) groups excluding carboxylic acids is 1. The number of fused-ring (bicyclic) bond motifs is 1. The van der Waals surface area contributed by atoms with Gasteiger partial charge in [-0.15, -0.1) is 0 Å². The first-order chi connectivity index (χ1) is 13.2. The van der Waals surface area contributed by atoms with E-state index in [0.717, 1.165) is 28.2 Å². The van der Waals surface area contributed by atoms with Crippen LogP contribution in [0, 0.1) is 6.92 Å². The molecule has 3 N–H and O–H groups in total. The summed E-state index contributed by atoms with van der Waals surface area (Å²) in [5.41, 5.74) is 5.32. The molecule has 0 fully saturated rings. The fourth-order valence-corrected chi connectivity index (χ4v) is 2.89. The Morgan fingerprint density at radius 2 is 2.26 bits per heavy atom. The van der Waals surface area contributed by atoms with Crippen LogP contribution in [0.25, 0.3) is 11.3 Å². The number of hydrogen-bond acceptors (Lipinski definition) is 6. The van der Waals surface area contributed by atoms with Crippen LogP contribution in [0.4, 0.5) is 4.79 Å². The van der Waals surface area contributed by atoms with Crippen molar-refractivity contribution in [1.29, 1.82) is 0 Å². The maximum absolute atomic E-state index is 12.1. The standard InChI is InChI=1S/C18H18N8O/c1-11-7-12(4-6-19-11)17-14-10-20-16(8-15(14)25-26-17)23-18(27)21-9-13-3-2-5-22-24-13/h2-7,10,16H,8-9H2,1H3,(H,25,26)(H2,21,23,27). The van der Waals surface area contributed by atoms with E-state index in [1.54, 1.807) is 30.7 Å². The van der Waals surface area contributed by atoms with Crippen molar-refractivity contribution in [3.05, 3.63) is 59.3 Å². The second-order valence-electron chi connectivity index (χ2n) is 6.19. The van der Waals surface area contributed by atoms with Gasteiger partial charge in [0, 0.05) is 47.5 Å². The summed E-state index contributed by atoms with van der Waals surface area (Å²) >= 11 is 0. The van der Waals surface area contributed by atoms with Crippen molar-refractivity contribution in [2.75, 3.05) is 0 Å². The molecule has 0 radical (unpaired) electrons. The number of aryl methyl sites for hydroxylation is 1. The molecule has 3 aromatic rings. The van der Waals surface area contributed by atoms with Crippen molar-refractivity contribution in [3.8, 4) is 11.3 Å². The highest BCUT2D eigenvalue weighted by Gasteiger charge is 2.22. The van der Waals surface area contributed by atoms with E-state index >= 15 is 0 Å². The van der Waals surface area contributed by atoms with E-state index in [1.807, 2.05) is 19.1 Å². The molecule has 0 bridgehead atoms. The van der Waals surface area contributed by atoms with E-state index in [4.69, 9.17) is 0 Å². The van der Waals surface area contributed by atoms with Gasteiger partial charge in [-0.2, -0.15) is 15.3 Å². The SMILES string of the molecule is Cc1cc(-c2n[nH]c3c2C=NC(NC(=O)NCc2cccnn2)C3)ccn1. The summed E-state index contributed by atoms with van der Waals surface area (Å²) in [5.74, 6) is 0. The van der Waals surface area contributed by atoms with Crippen molar-refractivity contribution in [2.45, 2.75) is 26.1 Å². The molecule has 0 saturated carbocycles. The Kier molecular flexibility index (Phi) is 4.56. The molecule has 1 aliphatic rings. The molecule has 4 rings (SSSR count). The molecule has 0 aliphatic carbocycles. The third-order valence-corrected chi connectivity index (χ3v) is 4.19. The van der Waals surface area contributed by atoms with Crippen LogP contribution in [0.3, 0.4) is 0 Å². The van der Waals surface area contributed by atoms with E-state index in [1.165, 1.54) is 0 Å². The van der Waals surface area contributed by atoms with Gasteiger partial charge in [0.15, 0.2) is 0 Å². The summed E-state index contributed by atoms with van der Waals surface area (Å²) in [5, 5.41) is 20.7. The third kappa shape index (κ3) is 3.81. The monoisotopic (exact) mass is 362 g/mol. The molecule has 0 spiro atoms. The minimum atomic E-state index is -0.355. The minimum Gasteiger partial charge on any atom is -0.332 e. The zero-order valence-corrected chi connectivity index (χ0v) is 14.7. The molecule has 1 unspecified atom stereocenters. The maximum Gasteiger partial charge on any atom is 0.316 e. The number of aromatic nitrogens is 5. The van der Waals surface area contributed by atoms with E-state index in [-0.39, 0.29) is 12.2 Å². The number of aliphatic imine (C=N–C) groups is 1. The summed E-state index contributed by atoms with van der Waals surface area (Å²) in [6.07, 6.45) is 5.29. The third-order valence-electron chi connectivity index (χ3n) is 4.19. The number of urea groups is 1. The number of pyridine rings is 1. The van der Waals surface area contributed by atoms with Crippen molar-refractivity contribution in [2.24, 2.45) is 4.99 Å². The largest absolute Gasteiger partial charge is 0.332 e. The summed E-state index contributed by atoms with van der Waals surface area (Å²) in [6.45, 7) is 2.24. The molecule has 9 nitrogen and oxygen atoms in total. The zero-order valence-electron chi connectivity index (χ0n) is 14.7. The summed E-state index contributed by atoms with van der Waals surface area (Å²) < 4.78 is 0. The Balaban J connectivity index is 1.39. The highest BCUT2D eigenvalue weighted by molar-refractivity contribution is 5.91. The van der Waals surface area contributed by atoms with E-state index < -0.39 is 0 Å². The number of carbonyl (C=O) groups is 1. The second kappa shape index (κ2) is 7.32. The average Bonchev–Trinajstić information content (AvgIpc) is 3.10. The van der Waals surface area contributed by atoms with Crippen molar-refractivity contribution in [3.63, 3.8) is 0 Å². The van der Waals surface area contributed by atoms with Crippen molar-refractivity contribution in [1.82, 2.24) is 36.0 Å². The molecule has 0 aromatic carbocycles. The smallest absolute Gasteiger partial charge is 0.316 e. The number of H-pyrrole nitrogens is 1. The molecule has 4 heterocycles. The number of aromatic amines is 1. The summed E-state index contributed by atoms with van der Waals surface area (Å²) in [6, 6.07) is 7.16. The van der Waals surface area contributed by atoms with Gasteiger partial charge < -0.3 is 10.6 Å². The topological polar surface area (TPSA) is 121 Å². The average molecular weight is 362 g/mol. The number of hydrogen-bond donors (Lipinski definition) is 3. The number of amides is 2. The van der Waals surface area contributed by atoms with Crippen LogP contribution in [0.2, 0.25) is 0 Å². The second-order valence-corrected chi connectivity index (χ2v) is 6.19. The number of nitrogens with zero attached hydrogens (tertiary/aromatic N) is 5. The lowest BCUT2D eigenvalue weighted by atomic mass is 10.0. The van der Waals surface area contributed by atoms with Crippen LogP contribution < -0.4 is 10.6 Å². The molecule has 136 valence electrons. The molecule has 2 amide bonds. The van der Waals surface area contributed by atoms with Gasteiger partial charge in [-0.25, -0.2) is 4.79 Å². The summed E-state index contributed by atoms with van der Waals surface area (Å²) in [7, 11) is 0.